The van der Waals surface area contributed by atoms with Gasteiger partial charge in [-0.15, -0.1) is 17.9 Å². The molecule has 0 amide bonds. The number of fused-ring (bicyclic) bond motifs is 1. The van der Waals surface area contributed by atoms with Crippen LogP contribution in [0.4, 0.5) is 0 Å². The number of hydrogen-bond acceptors (Lipinski definition) is 3. The van der Waals surface area contributed by atoms with Crippen LogP contribution in [0.1, 0.15) is 20.9 Å². The van der Waals surface area contributed by atoms with E-state index in [-0.39, 0.29) is 17.8 Å². The van der Waals surface area contributed by atoms with E-state index in [9.17, 15) is 9.59 Å². The SMILES string of the molecule is C=CCn1c(C(=O)O)cc2sc(C)c(C)c2c1=O. The number of aryl methyl sites for hydroxylation is 2. The second-order valence-corrected chi connectivity index (χ2v) is 5.32. The van der Waals surface area contributed by atoms with Gasteiger partial charge < -0.3 is 5.11 Å². The third kappa shape index (κ3) is 1.76. The predicted molar refractivity (Wildman–Crippen MR) is 72.7 cm³/mol. The molecule has 0 unspecified atom stereocenters. The van der Waals surface area contributed by atoms with E-state index in [1.165, 1.54) is 22.0 Å². The first-order valence-corrected chi connectivity index (χ1v) is 6.26. The van der Waals surface area contributed by atoms with Crippen LogP contribution in [0, 0.1) is 13.8 Å². The quantitative estimate of drug-likeness (QED) is 0.866. The number of aromatic nitrogens is 1. The van der Waals surface area contributed by atoms with Crippen LogP contribution in [-0.2, 0) is 6.54 Å². The van der Waals surface area contributed by atoms with Crippen LogP contribution in [0.2, 0.25) is 0 Å². The molecule has 0 aromatic carbocycles. The normalized spacial score (nSPS) is 10.8. The average molecular weight is 263 g/mol. The molecule has 1 N–H and O–H groups in total. The Morgan fingerprint density at radius 3 is 2.78 bits per heavy atom. The highest BCUT2D eigenvalue weighted by Gasteiger charge is 2.17. The number of allylic oxidation sites excluding steroid dienone is 1. The highest BCUT2D eigenvalue weighted by molar-refractivity contribution is 7.19. The van der Waals surface area contributed by atoms with Crippen molar-refractivity contribution in [3.63, 3.8) is 0 Å². The molecule has 0 saturated carbocycles. The lowest BCUT2D eigenvalue weighted by atomic mass is 10.2. The summed E-state index contributed by atoms with van der Waals surface area (Å²) < 4.78 is 1.98. The molecule has 0 aliphatic carbocycles. The molecule has 18 heavy (non-hydrogen) atoms. The standard InChI is InChI=1S/C13H13NO3S/c1-4-5-14-9(13(16)17)6-10-11(12(14)15)7(2)8(3)18-10/h4,6H,1,5H2,2-3H3,(H,16,17). The predicted octanol–water partition coefficient (Wildman–Crippen LogP) is 2.56. The Kier molecular flexibility index (Phi) is 3.09. The fourth-order valence-corrected chi connectivity index (χ4v) is 3.05. The minimum atomic E-state index is -1.10. The molecule has 0 spiro atoms. The summed E-state index contributed by atoms with van der Waals surface area (Å²) in [6.07, 6.45) is 1.52. The summed E-state index contributed by atoms with van der Waals surface area (Å²) in [6, 6.07) is 1.56. The number of carboxylic acid groups (broad SMARTS) is 1. The van der Waals surface area contributed by atoms with Gasteiger partial charge in [0, 0.05) is 16.1 Å². The van der Waals surface area contributed by atoms with Crippen molar-refractivity contribution in [1.29, 1.82) is 0 Å². The number of nitrogens with zero attached hydrogens (tertiary/aromatic N) is 1. The monoisotopic (exact) mass is 263 g/mol. The number of pyridine rings is 1. The Hall–Kier alpha value is -1.88. The maximum atomic E-state index is 12.3. The van der Waals surface area contributed by atoms with Gasteiger partial charge in [0.15, 0.2) is 0 Å². The summed E-state index contributed by atoms with van der Waals surface area (Å²) >= 11 is 1.45. The smallest absolute Gasteiger partial charge is 0.352 e. The summed E-state index contributed by atoms with van der Waals surface area (Å²) in [5, 5.41) is 9.78. The van der Waals surface area contributed by atoms with Crippen LogP contribution >= 0.6 is 11.3 Å². The fraction of sp³-hybridized carbons (Fsp3) is 0.231. The molecule has 0 aliphatic heterocycles. The van der Waals surface area contributed by atoms with Crippen LogP contribution in [0.3, 0.4) is 0 Å². The molecule has 0 bridgehead atoms. The van der Waals surface area contributed by atoms with E-state index in [4.69, 9.17) is 5.11 Å². The second-order valence-electron chi connectivity index (χ2n) is 4.06. The lowest BCUT2D eigenvalue weighted by Gasteiger charge is -2.07. The zero-order chi connectivity index (χ0) is 13.4. The Morgan fingerprint density at radius 2 is 2.22 bits per heavy atom. The van der Waals surface area contributed by atoms with Crippen LogP contribution in [0.5, 0.6) is 0 Å². The highest BCUT2D eigenvalue weighted by atomic mass is 32.1. The number of thiophene rings is 1. The fourth-order valence-electron chi connectivity index (χ4n) is 1.95. The van der Waals surface area contributed by atoms with Crippen molar-refractivity contribution >= 4 is 27.4 Å². The first-order valence-electron chi connectivity index (χ1n) is 5.45. The van der Waals surface area contributed by atoms with Crippen molar-refractivity contribution in [3.05, 3.63) is 45.2 Å². The molecule has 0 atom stereocenters. The third-order valence-corrected chi connectivity index (χ3v) is 4.12. The Morgan fingerprint density at radius 1 is 1.56 bits per heavy atom. The van der Waals surface area contributed by atoms with E-state index < -0.39 is 5.97 Å². The summed E-state index contributed by atoms with van der Waals surface area (Å²) in [6.45, 7) is 7.57. The Labute approximate surface area is 108 Å². The van der Waals surface area contributed by atoms with Gasteiger partial charge in [0.05, 0.1) is 5.39 Å². The molecule has 4 nitrogen and oxygen atoms in total. The van der Waals surface area contributed by atoms with Crippen molar-refractivity contribution in [1.82, 2.24) is 4.57 Å². The van der Waals surface area contributed by atoms with Crippen LogP contribution in [0.25, 0.3) is 10.1 Å². The Balaban J connectivity index is 2.94. The van der Waals surface area contributed by atoms with E-state index in [0.29, 0.717) is 5.39 Å². The third-order valence-electron chi connectivity index (χ3n) is 2.96. The molecule has 0 fully saturated rings. The first-order chi connectivity index (χ1) is 8.47. The average Bonchev–Trinajstić information content (AvgIpc) is 2.58. The van der Waals surface area contributed by atoms with Crippen LogP contribution in [0.15, 0.2) is 23.5 Å². The second kappa shape index (κ2) is 4.42. The molecule has 2 rings (SSSR count). The molecule has 0 radical (unpaired) electrons. The van der Waals surface area contributed by atoms with Crippen LogP contribution in [-0.4, -0.2) is 15.6 Å². The summed E-state index contributed by atoms with van der Waals surface area (Å²) in [7, 11) is 0. The maximum absolute atomic E-state index is 12.3. The van der Waals surface area contributed by atoms with E-state index >= 15 is 0 Å². The number of carbonyl (C=O) groups is 1. The number of carboxylic acids is 1. The lowest BCUT2D eigenvalue weighted by Crippen LogP contribution is -2.25. The van der Waals surface area contributed by atoms with Gasteiger partial charge in [0.25, 0.3) is 5.56 Å². The van der Waals surface area contributed by atoms with E-state index in [1.54, 1.807) is 6.07 Å². The van der Waals surface area contributed by atoms with Gasteiger partial charge in [-0.05, 0) is 25.5 Å². The molecule has 5 heteroatoms. The van der Waals surface area contributed by atoms with E-state index in [1.807, 2.05) is 13.8 Å². The topological polar surface area (TPSA) is 59.3 Å². The molecule has 2 heterocycles. The van der Waals surface area contributed by atoms with Crippen molar-refractivity contribution in [2.24, 2.45) is 0 Å². The minimum absolute atomic E-state index is 0.00801. The van der Waals surface area contributed by atoms with Gasteiger partial charge in [-0.2, -0.15) is 0 Å². The zero-order valence-electron chi connectivity index (χ0n) is 10.2. The van der Waals surface area contributed by atoms with Crippen molar-refractivity contribution in [2.45, 2.75) is 20.4 Å². The largest absolute Gasteiger partial charge is 0.477 e. The minimum Gasteiger partial charge on any atom is -0.477 e. The molecular formula is C13H13NO3S. The molecule has 0 saturated heterocycles. The summed E-state index contributed by atoms with van der Waals surface area (Å²) in [5.74, 6) is -1.10. The van der Waals surface area contributed by atoms with E-state index in [0.717, 1.165) is 15.1 Å². The lowest BCUT2D eigenvalue weighted by molar-refractivity contribution is 0.0684. The molecular weight excluding hydrogens is 250 g/mol. The zero-order valence-corrected chi connectivity index (χ0v) is 11.0. The number of aromatic carboxylic acids is 1. The van der Waals surface area contributed by atoms with Gasteiger partial charge in [-0.1, -0.05) is 6.08 Å². The van der Waals surface area contributed by atoms with Crippen LogP contribution < -0.4 is 5.56 Å². The van der Waals surface area contributed by atoms with Gasteiger partial charge in [0.1, 0.15) is 5.69 Å². The maximum Gasteiger partial charge on any atom is 0.352 e. The van der Waals surface area contributed by atoms with Crippen molar-refractivity contribution in [3.8, 4) is 0 Å². The van der Waals surface area contributed by atoms with Gasteiger partial charge in [-0.25, -0.2) is 4.79 Å². The van der Waals surface area contributed by atoms with Gasteiger partial charge in [0.2, 0.25) is 0 Å². The van der Waals surface area contributed by atoms with Gasteiger partial charge in [-0.3, -0.25) is 9.36 Å². The molecule has 0 aliphatic rings. The first kappa shape index (κ1) is 12.6. The number of rotatable bonds is 3. The Bertz CT molecular complexity index is 709. The molecule has 94 valence electrons. The summed E-state index contributed by atoms with van der Waals surface area (Å²) in [4.78, 5) is 24.6. The highest BCUT2D eigenvalue weighted by Crippen LogP contribution is 2.28. The molecule has 2 aromatic heterocycles. The van der Waals surface area contributed by atoms with Crippen molar-refractivity contribution in [2.75, 3.05) is 0 Å². The van der Waals surface area contributed by atoms with Gasteiger partial charge >= 0.3 is 5.97 Å². The summed E-state index contributed by atoms with van der Waals surface area (Å²) in [5.41, 5.74) is 0.676. The van der Waals surface area contributed by atoms with E-state index in [2.05, 4.69) is 6.58 Å². The van der Waals surface area contributed by atoms with Crippen molar-refractivity contribution < 1.29 is 9.90 Å². The molecule has 2 aromatic rings. The number of hydrogen-bond donors (Lipinski definition) is 1.